The van der Waals surface area contributed by atoms with Gasteiger partial charge >= 0.3 is 0 Å². The predicted molar refractivity (Wildman–Crippen MR) is 85.4 cm³/mol. The first kappa shape index (κ1) is 17.3. The Bertz CT molecular complexity index is 506. The molecule has 0 aromatic rings. The van der Waals surface area contributed by atoms with Gasteiger partial charge in [0.25, 0.3) is 0 Å². The molecule has 0 N–H and O–H groups in total. The minimum absolute atomic E-state index is 0.138. The summed E-state index contributed by atoms with van der Waals surface area (Å²) in [7, 11) is 1.64. The molecule has 1 rings (SSSR count). The average molecular weight is 287 g/mol. The van der Waals surface area contributed by atoms with Crippen LogP contribution in [0.15, 0.2) is 47.3 Å². The molecule has 2 atom stereocenters. The zero-order valence-corrected chi connectivity index (χ0v) is 13.5. The molecule has 0 fully saturated rings. The molecular formula is C18H25NO2. The Morgan fingerprint density at radius 3 is 2.76 bits per heavy atom. The molecule has 1 aliphatic carbocycles. The summed E-state index contributed by atoms with van der Waals surface area (Å²) in [5.74, 6) is 1.13. The molecule has 0 bridgehead atoms. The number of hydrogen-bond acceptors (Lipinski definition) is 3. The molecule has 3 nitrogen and oxygen atoms in total. The van der Waals surface area contributed by atoms with Gasteiger partial charge in [-0.1, -0.05) is 36.8 Å². The Morgan fingerprint density at radius 1 is 1.48 bits per heavy atom. The van der Waals surface area contributed by atoms with Gasteiger partial charge in [0.15, 0.2) is 0 Å². The second kappa shape index (κ2) is 8.49. The minimum atomic E-state index is 0.138. The van der Waals surface area contributed by atoms with E-state index in [-0.39, 0.29) is 5.92 Å². The van der Waals surface area contributed by atoms with Crippen LogP contribution in [-0.4, -0.2) is 20.3 Å². The molecule has 0 saturated heterocycles. The number of nitrogens with zero attached hydrogens (tertiary/aromatic N) is 1. The zero-order chi connectivity index (χ0) is 15.8. The second-order valence-electron chi connectivity index (χ2n) is 5.38. The van der Waals surface area contributed by atoms with Crippen molar-refractivity contribution >= 4 is 0 Å². The van der Waals surface area contributed by atoms with Gasteiger partial charge in [-0.25, -0.2) is 0 Å². The van der Waals surface area contributed by atoms with Gasteiger partial charge in [-0.2, -0.15) is 5.26 Å². The molecular weight excluding hydrogens is 262 g/mol. The van der Waals surface area contributed by atoms with Gasteiger partial charge in [-0.3, -0.25) is 0 Å². The van der Waals surface area contributed by atoms with Crippen LogP contribution >= 0.6 is 0 Å². The lowest BCUT2D eigenvalue weighted by Gasteiger charge is -2.30. The highest BCUT2D eigenvalue weighted by Crippen LogP contribution is 2.38. The third kappa shape index (κ3) is 4.61. The largest absolute Gasteiger partial charge is 0.490 e. The molecule has 0 aromatic carbocycles. The van der Waals surface area contributed by atoms with Crippen molar-refractivity contribution in [3.63, 3.8) is 0 Å². The van der Waals surface area contributed by atoms with Gasteiger partial charge in [0.05, 0.1) is 18.2 Å². The molecule has 1 aliphatic rings. The SMILES string of the molecule is C=C(/C=C\C)CC1C(C)=CC(OCCOC)=C(C#N)C1C. The lowest BCUT2D eigenvalue weighted by atomic mass is 9.75. The summed E-state index contributed by atoms with van der Waals surface area (Å²) in [6.45, 7) is 11.2. The van der Waals surface area contributed by atoms with Gasteiger partial charge in [0, 0.05) is 13.0 Å². The summed E-state index contributed by atoms with van der Waals surface area (Å²) in [6, 6.07) is 2.31. The van der Waals surface area contributed by atoms with Crippen molar-refractivity contribution < 1.29 is 9.47 Å². The fourth-order valence-electron chi connectivity index (χ4n) is 2.65. The molecule has 114 valence electrons. The maximum atomic E-state index is 9.45. The van der Waals surface area contributed by atoms with Gasteiger partial charge in [-0.15, -0.1) is 0 Å². The standard InChI is InChI=1S/C18H25NO2/c1-6-7-13(2)10-16-14(3)11-18(21-9-8-20-5)17(12-19)15(16)4/h6-7,11,15-16H,2,8-10H2,1,3-5H3/b7-6-. The number of rotatable bonds is 7. The van der Waals surface area contributed by atoms with E-state index in [1.54, 1.807) is 7.11 Å². The second-order valence-corrected chi connectivity index (χ2v) is 5.38. The predicted octanol–water partition coefficient (Wildman–Crippen LogP) is 4.16. The van der Waals surface area contributed by atoms with Crippen LogP contribution in [0.5, 0.6) is 0 Å². The van der Waals surface area contributed by atoms with E-state index in [1.165, 1.54) is 5.57 Å². The van der Waals surface area contributed by atoms with E-state index < -0.39 is 0 Å². The lowest BCUT2D eigenvalue weighted by molar-refractivity contribution is 0.111. The van der Waals surface area contributed by atoms with Crippen LogP contribution in [0.4, 0.5) is 0 Å². The number of methoxy groups -OCH3 is 1. The number of allylic oxidation sites excluding steroid dienone is 6. The van der Waals surface area contributed by atoms with Crippen LogP contribution in [-0.2, 0) is 9.47 Å². The Balaban J connectivity index is 2.91. The fraction of sp³-hybridized carbons (Fsp3) is 0.500. The van der Waals surface area contributed by atoms with Crippen molar-refractivity contribution in [3.8, 4) is 6.07 Å². The van der Waals surface area contributed by atoms with E-state index in [0.29, 0.717) is 24.9 Å². The van der Waals surface area contributed by atoms with Crippen LogP contribution in [0.2, 0.25) is 0 Å². The van der Waals surface area contributed by atoms with Gasteiger partial charge in [0.2, 0.25) is 0 Å². The Morgan fingerprint density at radius 2 is 2.19 bits per heavy atom. The number of hydrogen-bond donors (Lipinski definition) is 0. The first-order valence-corrected chi connectivity index (χ1v) is 7.29. The Labute approximate surface area is 128 Å². The van der Waals surface area contributed by atoms with E-state index in [1.807, 2.05) is 25.2 Å². The molecule has 0 amide bonds. The van der Waals surface area contributed by atoms with Crippen molar-refractivity contribution in [2.75, 3.05) is 20.3 Å². The maximum absolute atomic E-state index is 9.45. The van der Waals surface area contributed by atoms with Crippen LogP contribution < -0.4 is 0 Å². The van der Waals surface area contributed by atoms with Crippen LogP contribution in [0.3, 0.4) is 0 Å². The molecule has 0 radical (unpaired) electrons. The zero-order valence-electron chi connectivity index (χ0n) is 13.5. The highest BCUT2D eigenvalue weighted by Gasteiger charge is 2.29. The molecule has 2 unspecified atom stereocenters. The highest BCUT2D eigenvalue weighted by atomic mass is 16.5. The third-order valence-corrected chi connectivity index (χ3v) is 3.82. The quantitative estimate of drug-likeness (QED) is 0.521. The highest BCUT2D eigenvalue weighted by molar-refractivity contribution is 5.41. The van der Waals surface area contributed by atoms with E-state index in [4.69, 9.17) is 9.47 Å². The first-order valence-electron chi connectivity index (χ1n) is 7.29. The minimum Gasteiger partial charge on any atom is -0.490 e. The molecule has 0 aromatic heterocycles. The van der Waals surface area contributed by atoms with Crippen LogP contribution in [0.1, 0.15) is 27.2 Å². The summed E-state index contributed by atoms with van der Waals surface area (Å²) in [5.41, 5.74) is 3.04. The van der Waals surface area contributed by atoms with Crippen molar-refractivity contribution in [3.05, 3.63) is 47.3 Å². The third-order valence-electron chi connectivity index (χ3n) is 3.82. The summed E-state index contributed by atoms with van der Waals surface area (Å²) in [4.78, 5) is 0. The fourth-order valence-corrected chi connectivity index (χ4v) is 2.65. The smallest absolute Gasteiger partial charge is 0.133 e. The van der Waals surface area contributed by atoms with Gasteiger partial charge in [-0.05, 0) is 32.3 Å². The molecule has 3 heteroatoms. The van der Waals surface area contributed by atoms with E-state index in [0.717, 1.165) is 17.6 Å². The maximum Gasteiger partial charge on any atom is 0.133 e. The van der Waals surface area contributed by atoms with E-state index >= 15 is 0 Å². The van der Waals surface area contributed by atoms with Crippen LogP contribution in [0.25, 0.3) is 0 Å². The molecule has 0 aliphatic heterocycles. The lowest BCUT2D eigenvalue weighted by Crippen LogP contribution is -2.21. The Hall–Kier alpha value is -1.79. The summed E-state index contributed by atoms with van der Waals surface area (Å²) in [6.07, 6.45) is 6.88. The van der Waals surface area contributed by atoms with Crippen molar-refractivity contribution in [2.45, 2.75) is 27.2 Å². The van der Waals surface area contributed by atoms with E-state index in [9.17, 15) is 5.26 Å². The van der Waals surface area contributed by atoms with Crippen molar-refractivity contribution in [1.82, 2.24) is 0 Å². The average Bonchev–Trinajstić information content (AvgIpc) is 2.44. The Kier molecular flexibility index (Phi) is 6.98. The topological polar surface area (TPSA) is 42.2 Å². The molecule has 0 saturated carbocycles. The molecule has 21 heavy (non-hydrogen) atoms. The monoisotopic (exact) mass is 287 g/mol. The van der Waals surface area contributed by atoms with Crippen molar-refractivity contribution in [2.24, 2.45) is 11.8 Å². The normalized spacial score (nSPS) is 22.1. The van der Waals surface area contributed by atoms with E-state index in [2.05, 4.69) is 26.5 Å². The summed E-state index contributed by atoms with van der Waals surface area (Å²) < 4.78 is 10.7. The molecule has 0 heterocycles. The van der Waals surface area contributed by atoms with Gasteiger partial charge < -0.3 is 9.47 Å². The number of ether oxygens (including phenoxy) is 2. The van der Waals surface area contributed by atoms with Crippen LogP contribution in [0, 0.1) is 23.2 Å². The summed E-state index contributed by atoms with van der Waals surface area (Å²) >= 11 is 0. The first-order chi connectivity index (χ1) is 10.0. The van der Waals surface area contributed by atoms with Gasteiger partial charge in [0.1, 0.15) is 12.4 Å². The summed E-state index contributed by atoms with van der Waals surface area (Å²) in [5, 5.41) is 9.45. The van der Waals surface area contributed by atoms with Crippen molar-refractivity contribution in [1.29, 1.82) is 5.26 Å². The molecule has 0 spiro atoms. The number of nitriles is 1.